The Kier molecular flexibility index (Phi) is 3.43. The molecule has 1 aromatic carbocycles. The predicted octanol–water partition coefficient (Wildman–Crippen LogP) is 1.72. The van der Waals surface area contributed by atoms with Gasteiger partial charge >= 0.3 is 5.97 Å². The van der Waals surface area contributed by atoms with Gasteiger partial charge in [0.25, 0.3) is 0 Å². The first-order valence-electron chi connectivity index (χ1n) is 5.52. The Labute approximate surface area is 104 Å². The quantitative estimate of drug-likeness (QED) is 0.857. The Morgan fingerprint density at radius 1 is 1.50 bits per heavy atom. The van der Waals surface area contributed by atoms with Gasteiger partial charge in [0.15, 0.2) is 0 Å². The van der Waals surface area contributed by atoms with E-state index in [9.17, 15) is 4.79 Å². The number of pyridine rings is 1. The van der Waals surface area contributed by atoms with Gasteiger partial charge in [0.05, 0.1) is 13.5 Å². The molecule has 0 spiro atoms. The van der Waals surface area contributed by atoms with E-state index in [4.69, 9.17) is 15.6 Å². The predicted molar refractivity (Wildman–Crippen MR) is 67.5 cm³/mol. The van der Waals surface area contributed by atoms with E-state index >= 15 is 0 Å². The highest BCUT2D eigenvalue weighted by Gasteiger charge is 2.12. The first-order chi connectivity index (χ1) is 8.61. The van der Waals surface area contributed by atoms with E-state index in [0.717, 1.165) is 16.3 Å². The van der Waals surface area contributed by atoms with Crippen LogP contribution >= 0.6 is 0 Å². The number of aliphatic carboxylic acids is 1. The number of carboxylic acids is 1. The molecule has 0 amide bonds. The van der Waals surface area contributed by atoms with Crippen molar-refractivity contribution < 1.29 is 14.6 Å². The monoisotopic (exact) mass is 246 g/mol. The highest BCUT2D eigenvalue weighted by Crippen LogP contribution is 2.26. The zero-order valence-corrected chi connectivity index (χ0v) is 9.96. The molecule has 3 N–H and O–H groups in total. The second-order valence-corrected chi connectivity index (χ2v) is 4.01. The van der Waals surface area contributed by atoms with Crippen molar-refractivity contribution in [1.82, 2.24) is 4.98 Å². The molecule has 0 saturated heterocycles. The van der Waals surface area contributed by atoms with Crippen molar-refractivity contribution >= 4 is 16.7 Å². The van der Waals surface area contributed by atoms with Gasteiger partial charge in [-0.15, -0.1) is 0 Å². The number of methoxy groups -OCH3 is 1. The van der Waals surface area contributed by atoms with Crippen LogP contribution in [0.5, 0.6) is 5.88 Å². The number of nitrogens with zero attached hydrogens (tertiary/aromatic N) is 1. The lowest BCUT2D eigenvalue weighted by atomic mass is 10.0. The van der Waals surface area contributed by atoms with Gasteiger partial charge in [0.2, 0.25) is 5.88 Å². The van der Waals surface area contributed by atoms with Crippen LogP contribution in [0.25, 0.3) is 10.8 Å². The van der Waals surface area contributed by atoms with Crippen LogP contribution in [0, 0.1) is 0 Å². The Bertz CT molecular complexity index is 583. The number of carbonyl (C=O) groups is 1. The molecule has 1 aromatic heterocycles. The number of hydrogen-bond acceptors (Lipinski definition) is 4. The number of carboxylic acid groups (broad SMARTS) is 1. The van der Waals surface area contributed by atoms with Gasteiger partial charge < -0.3 is 15.6 Å². The van der Waals surface area contributed by atoms with Crippen LogP contribution in [0.15, 0.2) is 30.5 Å². The van der Waals surface area contributed by atoms with Gasteiger partial charge in [-0.25, -0.2) is 4.98 Å². The van der Waals surface area contributed by atoms with Crippen LogP contribution in [0.4, 0.5) is 0 Å². The topological polar surface area (TPSA) is 85.4 Å². The van der Waals surface area contributed by atoms with Crippen molar-refractivity contribution in [2.45, 2.75) is 12.5 Å². The van der Waals surface area contributed by atoms with Crippen molar-refractivity contribution in [2.24, 2.45) is 5.73 Å². The molecule has 1 heterocycles. The van der Waals surface area contributed by atoms with E-state index in [1.807, 2.05) is 24.3 Å². The third-order valence-corrected chi connectivity index (χ3v) is 2.77. The number of ether oxygens (including phenoxy) is 1. The van der Waals surface area contributed by atoms with Crippen molar-refractivity contribution in [2.75, 3.05) is 7.11 Å². The Morgan fingerprint density at radius 3 is 2.94 bits per heavy atom. The van der Waals surface area contributed by atoms with Crippen LogP contribution in [-0.4, -0.2) is 23.2 Å². The van der Waals surface area contributed by atoms with Crippen LogP contribution < -0.4 is 10.5 Å². The maximum atomic E-state index is 10.7. The fourth-order valence-corrected chi connectivity index (χ4v) is 1.86. The molecule has 0 saturated carbocycles. The first-order valence-corrected chi connectivity index (χ1v) is 5.52. The summed E-state index contributed by atoms with van der Waals surface area (Å²) in [5, 5.41) is 10.6. The summed E-state index contributed by atoms with van der Waals surface area (Å²) in [6, 6.07) is 6.88. The molecule has 5 nitrogen and oxygen atoms in total. The fourth-order valence-electron chi connectivity index (χ4n) is 1.86. The number of rotatable bonds is 4. The molecule has 2 aromatic rings. The van der Waals surface area contributed by atoms with Crippen LogP contribution in [0.3, 0.4) is 0 Å². The third-order valence-electron chi connectivity index (χ3n) is 2.77. The first kappa shape index (κ1) is 12.3. The molecule has 0 fully saturated rings. The van der Waals surface area contributed by atoms with E-state index in [1.165, 1.54) is 0 Å². The van der Waals surface area contributed by atoms with Gasteiger partial charge in [-0.3, -0.25) is 4.79 Å². The van der Waals surface area contributed by atoms with Crippen molar-refractivity contribution in [1.29, 1.82) is 0 Å². The van der Waals surface area contributed by atoms with Crippen LogP contribution in [0.1, 0.15) is 18.0 Å². The SMILES string of the molecule is COc1nccc2ccc(C(N)CC(=O)O)cc12. The molecular weight excluding hydrogens is 232 g/mol. The summed E-state index contributed by atoms with van der Waals surface area (Å²) in [7, 11) is 1.55. The molecule has 0 aliphatic heterocycles. The zero-order chi connectivity index (χ0) is 13.1. The molecule has 94 valence electrons. The summed E-state index contributed by atoms with van der Waals surface area (Å²) < 4.78 is 5.18. The number of hydrogen-bond donors (Lipinski definition) is 2. The second kappa shape index (κ2) is 5.01. The average Bonchev–Trinajstić information content (AvgIpc) is 2.36. The van der Waals surface area contributed by atoms with Crippen molar-refractivity contribution in [3.05, 3.63) is 36.0 Å². The summed E-state index contributed by atoms with van der Waals surface area (Å²) in [6.07, 6.45) is 1.56. The minimum absolute atomic E-state index is 0.103. The molecule has 0 aliphatic carbocycles. The lowest BCUT2D eigenvalue weighted by Crippen LogP contribution is -2.14. The normalized spacial score (nSPS) is 12.3. The number of fused-ring (bicyclic) bond motifs is 1. The smallest absolute Gasteiger partial charge is 0.305 e. The molecular formula is C13H14N2O3. The average molecular weight is 246 g/mol. The maximum absolute atomic E-state index is 10.7. The van der Waals surface area contributed by atoms with E-state index < -0.39 is 12.0 Å². The molecule has 0 aliphatic rings. The highest BCUT2D eigenvalue weighted by molar-refractivity contribution is 5.87. The molecule has 0 bridgehead atoms. The molecule has 1 atom stereocenters. The van der Waals surface area contributed by atoms with Gasteiger partial charge in [-0.1, -0.05) is 12.1 Å². The van der Waals surface area contributed by atoms with E-state index in [0.29, 0.717) is 5.88 Å². The lowest BCUT2D eigenvalue weighted by Gasteiger charge is -2.11. The summed E-state index contributed by atoms with van der Waals surface area (Å²) in [5.74, 6) is -0.405. The van der Waals surface area contributed by atoms with Crippen molar-refractivity contribution in [3.63, 3.8) is 0 Å². The molecule has 2 rings (SSSR count). The Morgan fingerprint density at radius 2 is 2.28 bits per heavy atom. The highest BCUT2D eigenvalue weighted by atomic mass is 16.5. The molecule has 18 heavy (non-hydrogen) atoms. The van der Waals surface area contributed by atoms with E-state index in [2.05, 4.69) is 4.98 Å². The maximum Gasteiger partial charge on any atom is 0.305 e. The standard InChI is InChI=1S/C13H14N2O3/c1-18-13-10-6-9(11(14)7-12(16)17)3-2-8(10)4-5-15-13/h2-6,11H,7,14H2,1H3,(H,16,17). The largest absolute Gasteiger partial charge is 0.481 e. The second-order valence-electron chi connectivity index (χ2n) is 4.01. The Hall–Kier alpha value is -2.14. The van der Waals surface area contributed by atoms with Gasteiger partial charge in [-0.2, -0.15) is 0 Å². The fraction of sp³-hybridized carbons (Fsp3) is 0.231. The number of nitrogens with two attached hydrogens (primary N) is 1. The minimum atomic E-state index is -0.916. The van der Waals surface area contributed by atoms with Crippen LogP contribution in [-0.2, 0) is 4.79 Å². The van der Waals surface area contributed by atoms with Gasteiger partial charge in [0.1, 0.15) is 0 Å². The van der Waals surface area contributed by atoms with Gasteiger partial charge in [-0.05, 0) is 23.1 Å². The summed E-state index contributed by atoms with van der Waals surface area (Å²) in [5.41, 5.74) is 6.60. The summed E-state index contributed by atoms with van der Waals surface area (Å²) >= 11 is 0. The number of aromatic nitrogens is 1. The third kappa shape index (κ3) is 2.41. The summed E-state index contributed by atoms with van der Waals surface area (Å²) in [4.78, 5) is 14.8. The van der Waals surface area contributed by atoms with Crippen LogP contribution in [0.2, 0.25) is 0 Å². The molecule has 1 unspecified atom stereocenters. The lowest BCUT2D eigenvalue weighted by molar-refractivity contribution is -0.137. The van der Waals surface area contributed by atoms with E-state index in [1.54, 1.807) is 13.3 Å². The zero-order valence-electron chi connectivity index (χ0n) is 9.96. The molecule has 5 heteroatoms. The van der Waals surface area contributed by atoms with Gasteiger partial charge in [0, 0.05) is 17.6 Å². The van der Waals surface area contributed by atoms with Crippen molar-refractivity contribution in [3.8, 4) is 5.88 Å². The Balaban J connectivity index is 2.45. The summed E-state index contributed by atoms with van der Waals surface area (Å²) in [6.45, 7) is 0. The minimum Gasteiger partial charge on any atom is -0.481 e. The van der Waals surface area contributed by atoms with E-state index in [-0.39, 0.29) is 6.42 Å². The number of benzene rings is 1. The molecule has 0 radical (unpaired) electrons.